The third kappa shape index (κ3) is 3.21. The second-order valence-corrected chi connectivity index (χ2v) is 7.41. The van der Waals surface area contributed by atoms with Crippen molar-refractivity contribution in [1.82, 2.24) is 4.72 Å². The van der Waals surface area contributed by atoms with Crippen LogP contribution in [0.3, 0.4) is 0 Å². The Balaban J connectivity index is 1.86. The van der Waals surface area contributed by atoms with Crippen molar-refractivity contribution in [3.05, 3.63) is 52.8 Å². The molecule has 0 aliphatic carbocycles. The first-order valence-corrected chi connectivity index (χ1v) is 8.78. The average molecular weight is 370 g/mol. The molecule has 1 atom stereocenters. The summed E-state index contributed by atoms with van der Waals surface area (Å²) in [7, 11) is -3.89. The van der Waals surface area contributed by atoms with Crippen LogP contribution >= 0.6 is 11.6 Å². The first-order valence-electron chi connectivity index (χ1n) is 6.92. The molecule has 24 heavy (non-hydrogen) atoms. The Morgan fingerprint density at radius 1 is 1.25 bits per heavy atom. The van der Waals surface area contributed by atoms with E-state index in [1.807, 2.05) is 0 Å². The van der Waals surface area contributed by atoms with Gasteiger partial charge >= 0.3 is 0 Å². The van der Waals surface area contributed by atoms with Gasteiger partial charge in [-0.05, 0) is 48.9 Å². The van der Waals surface area contributed by atoms with Gasteiger partial charge in [-0.1, -0.05) is 11.6 Å². The summed E-state index contributed by atoms with van der Waals surface area (Å²) in [4.78, 5) is 12.3. The largest absolute Gasteiger partial charge is 0.360 e. The van der Waals surface area contributed by atoms with Crippen LogP contribution in [0.4, 0.5) is 15.8 Å². The summed E-state index contributed by atoms with van der Waals surface area (Å²) < 4.78 is 39.9. The zero-order valence-corrected chi connectivity index (χ0v) is 14.0. The Morgan fingerprint density at radius 2 is 2.00 bits per heavy atom. The van der Waals surface area contributed by atoms with Gasteiger partial charge in [0.15, 0.2) is 6.17 Å². The molecule has 126 valence electrons. The van der Waals surface area contributed by atoms with E-state index in [9.17, 15) is 17.6 Å². The summed E-state index contributed by atoms with van der Waals surface area (Å²) >= 11 is 5.81. The number of hydrogen-bond donors (Lipinski definition) is 3. The number of benzene rings is 2. The Hall–Kier alpha value is -2.16. The van der Waals surface area contributed by atoms with E-state index in [0.29, 0.717) is 11.3 Å². The maximum Gasteiger partial charge on any atom is 0.262 e. The van der Waals surface area contributed by atoms with Crippen LogP contribution in [0.25, 0.3) is 0 Å². The van der Waals surface area contributed by atoms with Crippen molar-refractivity contribution in [1.29, 1.82) is 0 Å². The lowest BCUT2D eigenvalue weighted by Crippen LogP contribution is -2.51. The first kappa shape index (κ1) is 16.7. The Kier molecular flexibility index (Phi) is 4.20. The molecule has 2 aromatic carbocycles. The molecule has 0 saturated heterocycles. The fourth-order valence-electron chi connectivity index (χ4n) is 2.33. The van der Waals surface area contributed by atoms with E-state index in [4.69, 9.17) is 11.6 Å². The van der Waals surface area contributed by atoms with Crippen LogP contribution in [0.15, 0.2) is 41.3 Å². The molecule has 3 rings (SSSR count). The van der Waals surface area contributed by atoms with E-state index in [1.165, 1.54) is 36.4 Å². The molecule has 3 N–H and O–H groups in total. The molecule has 1 heterocycles. The minimum absolute atomic E-state index is 0.0305. The lowest BCUT2D eigenvalue weighted by atomic mass is 10.2. The van der Waals surface area contributed by atoms with Gasteiger partial charge in [-0.15, -0.1) is 0 Å². The molecule has 0 fully saturated rings. The van der Waals surface area contributed by atoms with Crippen molar-refractivity contribution in [2.75, 3.05) is 10.6 Å². The van der Waals surface area contributed by atoms with E-state index in [0.717, 1.165) is 0 Å². The topological polar surface area (TPSA) is 87.3 Å². The predicted octanol–water partition coefficient (Wildman–Crippen LogP) is 2.46. The van der Waals surface area contributed by atoms with Crippen LogP contribution < -0.4 is 15.4 Å². The summed E-state index contributed by atoms with van der Waals surface area (Å²) in [6.45, 7) is 1.63. The van der Waals surface area contributed by atoms with Gasteiger partial charge < -0.3 is 10.6 Å². The molecule has 0 aromatic heterocycles. The van der Waals surface area contributed by atoms with Gasteiger partial charge in [0.2, 0.25) is 10.0 Å². The number of rotatable bonds is 2. The normalized spacial score (nSPS) is 18.4. The number of anilines is 2. The number of fused-ring (bicyclic) bond motifs is 1. The first-order chi connectivity index (χ1) is 11.3. The van der Waals surface area contributed by atoms with Gasteiger partial charge in [0, 0.05) is 10.7 Å². The number of aryl methyl sites for hydroxylation is 1. The smallest absolute Gasteiger partial charge is 0.262 e. The minimum Gasteiger partial charge on any atom is -0.360 e. The molecule has 0 saturated carbocycles. The van der Waals surface area contributed by atoms with Gasteiger partial charge in [-0.2, -0.15) is 4.72 Å². The van der Waals surface area contributed by atoms with Crippen LogP contribution in [0.1, 0.15) is 5.56 Å². The fourth-order valence-corrected chi connectivity index (χ4v) is 3.87. The van der Waals surface area contributed by atoms with Crippen LogP contribution in [0.5, 0.6) is 0 Å². The Labute approximate surface area is 143 Å². The third-order valence-electron chi connectivity index (χ3n) is 3.51. The number of sulfonamides is 1. The molecule has 0 spiro atoms. The summed E-state index contributed by atoms with van der Waals surface area (Å²) in [6, 6.07) is 8.19. The number of carbonyl (C=O) groups is 1. The molecule has 1 aliphatic heterocycles. The van der Waals surface area contributed by atoms with E-state index in [-0.39, 0.29) is 15.6 Å². The summed E-state index contributed by atoms with van der Waals surface area (Å²) in [5.74, 6) is -1.04. The van der Waals surface area contributed by atoms with Crippen LogP contribution in [-0.4, -0.2) is 20.5 Å². The van der Waals surface area contributed by atoms with Gasteiger partial charge in [0.05, 0.1) is 5.69 Å². The number of nitrogens with one attached hydrogen (secondary N) is 3. The van der Waals surface area contributed by atoms with Crippen molar-refractivity contribution in [3.8, 4) is 0 Å². The van der Waals surface area contributed by atoms with Gasteiger partial charge in [-0.25, -0.2) is 12.8 Å². The molecular weight excluding hydrogens is 357 g/mol. The number of hydrogen-bond acceptors (Lipinski definition) is 4. The van der Waals surface area contributed by atoms with Crippen molar-refractivity contribution >= 4 is 38.9 Å². The highest BCUT2D eigenvalue weighted by atomic mass is 35.5. The predicted molar refractivity (Wildman–Crippen MR) is 89.0 cm³/mol. The van der Waals surface area contributed by atoms with Crippen LogP contribution in [-0.2, 0) is 14.8 Å². The average Bonchev–Trinajstić information content (AvgIpc) is 2.50. The fraction of sp³-hybridized carbons (Fsp3) is 0.133. The zero-order chi connectivity index (χ0) is 17.5. The molecule has 1 amide bonds. The van der Waals surface area contributed by atoms with E-state index in [2.05, 4.69) is 15.4 Å². The second kappa shape index (κ2) is 6.04. The summed E-state index contributed by atoms with van der Waals surface area (Å²) in [6.07, 6.45) is -1.20. The lowest BCUT2D eigenvalue weighted by molar-refractivity contribution is -0.117. The van der Waals surface area contributed by atoms with Gasteiger partial charge in [-0.3, -0.25) is 4.79 Å². The number of amides is 1. The maximum atomic E-state index is 13.1. The molecule has 9 heteroatoms. The van der Waals surface area contributed by atoms with Crippen LogP contribution in [0, 0.1) is 12.7 Å². The van der Waals surface area contributed by atoms with E-state index >= 15 is 0 Å². The molecule has 0 bridgehead atoms. The summed E-state index contributed by atoms with van der Waals surface area (Å²) in [5, 5.41) is 5.63. The number of carbonyl (C=O) groups excluding carboxylic acids is 1. The highest BCUT2D eigenvalue weighted by Crippen LogP contribution is 2.29. The minimum atomic E-state index is -3.89. The van der Waals surface area contributed by atoms with E-state index in [1.54, 1.807) is 6.92 Å². The van der Waals surface area contributed by atoms with E-state index < -0.39 is 27.9 Å². The van der Waals surface area contributed by atoms with Crippen molar-refractivity contribution in [3.63, 3.8) is 0 Å². The Bertz CT molecular complexity index is 934. The zero-order valence-electron chi connectivity index (χ0n) is 12.4. The molecule has 0 radical (unpaired) electrons. The van der Waals surface area contributed by atoms with Crippen molar-refractivity contribution < 1.29 is 17.6 Å². The third-order valence-corrected chi connectivity index (χ3v) is 5.21. The lowest BCUT2D eigenvalue weighted by Gasteiger charge is -2.27. The molecule has 2 aromatic rings. The second-order valence-electron chi connectivity index (χ2n) is 5.29. The van der Waals surface area contributed by atoms with Crippen molar-refractivity contribution in [2.45, 2.75) is 18.0 Å². The highest BCUT2D eigenvalue weighted by molar-refractivity contribution is 7.89. The standard InChI is InChI=1S/C15H13ClFN3O3S/c1-8-6-10(17)3-5-11(8)19-15(21)14-18-12-4-2-9(16)7-13(12)24(22,23)20-14/h2-7,14,18,20H,1H3,(H,19,21)/t14-/m1/s1. The van der Waals surface area contributed by atoms with Crippen LogP contribution in [0.2, 0.25) is 5.02 Å². The molecule has 1 aliphatic rings. The number of halogens is 2. The molecule has 6 nitrogen and oxygen atoms in total. The van der Waals surface area contributed by atoms with Crippen molar-refractivity contribution in [2.24, 2.45) is 0 Å². The monoisotopic (exact) mass is 369 g/mol. The SMILES string of the molecule is Cc1cc(F)ccc1NC(=O)[C@@H]1Nc2ccc(Cl)cc2S(=O)(=O)N1. The molecule has 0 unspecified atom stereocenters. The summed E-state index contributed by atoms with van der Waals surface area (Å²) in [5.41, 5.74) is 1.19. The highest BCUT2D eigenvalue weighted by Gasteiger charge is 2.33. The Morgan fingerprint density at radius 3 is 2.71 bits per heavy atom. The van der Waals surface area contributed by atoms with Gasteiger partial charge in [0.25, 0.3) is 5.91 Å². The quantitative estimate of drug-likeness (QED) is 0.758. The maximum absolute atomic E-state index is 13.1. The molecular formula is C15H13ClFN3O3S. The van der Waals surface area contributed by atoms with Gasteiger partial charge in [0.1, 0.15) is 10.7 Å².